The molecule has 0 aromatic heterocycles. The van der Waals surface area contributed by atoms with Crippen molar-refractivity contribution in [1.82, 2.24) is 0 Å². The first kappa shape index (κ1) is 39.6. The number of anilines is 3. The summed E-state index contributed by atoms with van der Waals surface area (Å²) < 4.78 is 0. The first-order valence-electron chi connectivity index (χ1n) is 18.0. The highest BCUT2D eigenvalue weighted by atomic mass is 16.3. The van der Waals surface area contributed by atoms with Crippen LogP contribution in [-0.4, -0.2) is 45.3 Å². The van der Waals surface area contributed by atoms with E-state index in [1.807, 2.05) is 6.07 Å². The number of nitrogens with zero attached hydrogens (tertiary/aromatic N) is 1. The highest BCUT2D eigenvalue weighted by molar-refractivity contribution is 6.09. The van der Waals surface area contributed by atoms with Crippen molar-refractivity contribution >= 4 is 52.1 Å². The number of amides is 3. The van der Waals surface area contributed by atoms with Gasteiger partial charge in [-0.25, -0.2) is 0 Å². The van der Waals surface area contributed by atoms with Crippen molar-refractivity contribution in [3.63, 3.8) is 0 Å². The molecule has 55 heavy (non-hydrogen) atoms. The Morgan fingerprint density at radius 1 is 0.727 bits per heavy atom. The molecule has 4 aromatic rings. The maximum Gasteiger partial charge on any atom is 0.259 e. The standard InChI is InChI=1S/C43H42N4O8/c1-24-36(18-16-33(26(3)48)39(24)51)47-43(55)34-17-19-35(25(2)40(34)52)46-41(53)30-12-14-32(15-13-30)45-42(54)31(20-21-44)23-38(50)29-10-8-27(9-11-29)22-37(49)28-6-4-5-7-28/h8-19,28,31,51-52H,4-7,20,22-23H2,1-3H3,(H,45,54)(H,46,53)(H,47,55). The smallest absolute Gasteiger partial charge is 0.259 e. The summed E-state index contributed by atoms with van der Waals surface area (Å²) in [5.41, 5.74) is 2.82. The third-order valence-electron chi connectivity index (χ3n) is 10.0. The highest BCUT2D eigenvalue weighted by Crippen LogP contribution is 2.33. The second-order valence-electron chi connectivity index (χ2n) is 13.8. The molecular formula is C43H42N4O8. The van der Waals surface area contributed by atoms with E-state index in [0.717, 1.165) is 31.2 Å². The topological polar surface area (TPSA) is 203 Å². The molecule has 3 amide bonds. The fraction of sp³-hybridized carbons (Fsp3) is 0.279. The van der Waals surface area contributed by atoms with E-state index in [2.05, 4.69) is 16.0 Å². The number of nitrogens with one attached hydrogen (secondary N) is 3. The number of phenolic OH excluding ortho intramolecular Hbond substituents is 2. The van der Waals surface area contributed by atoms with Crippen LogP contribution in [0.5, 0.6) is 11.5 Å². The second-order valence-corrected chi connectivity index (χ2v) is 13.8. The molecule has 1 unspecified atom stereocenters. The van der Waals surface area contributed by atoms with Crippen LogP contribution < -0.4 is 16.0 Å². The highest BCUT2D eigenvalue weighted by Gasteiger charge is 2.25. The second kappa shape index (κ2) is 17.5. The monoisotopic (exact) mass is 742 g/mol. The molecule has 12 heteroatoms. The van der Waals surface area contributed by atoms with E-state index in [1.165, 1.54) is 62.4 Å². The van der Waals surface area contributed by atoms with E-state index in [9.17, 15) is 44.2 Å². The molecule has 0 saturated heterocycles. The first-order valence-corrected chi connectivity index (χ1v) is 18.0. The van der Waals surface area contributed by atoms with E-state index in [1.54, 1.807) is 31.2 Å². The van der Waals surface area contributed by atoms with Gasteiger partial charge in [0.1, 0.15) is 17.3 Å². The molecule has 0 radical (unpaired) electrons. The minimum Gasteiger partial charge on any atom is -0.507 e. The van der Waals surface area contributed by atoms with E-state index in [4.69, 9.17) is 0 Å². The molecule has 0 bridgehead atoms. The molecule has 282 valence electrons. The van der Waals surface area contributed by atoms with Crippen LogP contribution in [0.4, 0.5) is 17.1 Å². The van der Waals surface area contributed by atoms with Gasteiger partial charge in [0.05, 0.1) is 23.1 Å². The first-order chi connectivity index (χ1) is 26.3. The largest absolute Gasteiger partial charge is 0.507 e. The number of hydrogen-bond donors (Lipinski definition) is 5. The third kappa shape index (κ3) is 9.50. The van der Waals surface area contributed by atoms with Crippen LogP contribution in [0.25, 0.3) is 0 Å². The van der Waals surface area contributed by atoms with Gasteiger partial charge >= 0.3 is 0 Å². The van der Waals surface area contributed by atoms with Crippen LogP contribution in [-0.2, 0) is 16.0 Å². The van der Waals surface area contributed by atoms with Gasteiger partial charge in [-0.3, -0.25) is 28.8 Å². The van der Waals surface area contributed by atoms with E-state index >= 15 is 0 Å². The maximum atomic E-state index is 13.1. The predicted molar refractivity (Wildman–Crippen MR) is 206 cm³/mol. The SMILES string of the molecule is CC(=O)c1ccc(NC(=O)c2ccc(NC(=O)c3ccc(NC(=O)C(CC#N)CC(=O)c4ccc(CC(=O)C5CCCC5)cc4)cc3)c(C)c2O)c(C)c1O. The molecule has 1 aliphatic rings. The number of carbonyl (C=O) groups is 6. The van der Waals surface area contributed by atoms with Crippen LogP contribution in [0.2, 0.25) is 0 Å². The maximum absolute atomic E-state index is 13.1. The Balaban J connectivity index is 1.17. The van der Waals surface area contributed by atoms with E-state index in [0.29, 0.717) is 17.7 Å². The molecule has 1 fully saturated rings. The molecular weight excluding hydrogens is 700 g/mol. The summed E-state index contributed by atoms with van der Waals surface area (Å²) in [6.45, 7) is 4.38. The fourth-order valence-corrected chi connectivity index (χ4v) is 6.58. The lowest BCUT2D eigenvalue weighted by Crippen LogP contribution is -2.25. The minimum atomic E-state index is -0.923. The Bertz CT molecular complexity index is 2200. The number of phenols is 2. The van der Waals surface area contributed by atoms with Crippen molar-refractivity contribution in [2.24, 2.45) is 11.8 Å². The number of rotatable bonds is 14. The number of hydrogen-bond acceptors (Lipinski definition) is 9. The Kier molecular flexibility index (Phi) is 12.6. The molecule has 1 saturated carbocycles. The molecule has 1 aliphatic carbocycles. The summed E-state index contributed by atoms with van der Waals surface area (Å²) in [6, 6.07) is 20.4. The summed E-state index contributed by atoms with van der Waals surface area (Å²) in [5, 5.41) is 38.6. The van der Waals surface area contributed by atoms with Gasteiger partial charge in [-0.05, 0) is 87.7 Å². The van der Waals surface area contributed by atoms with Crippen molar-refractivity contribution in [2.75, 3.05) is 16.0 Å². The Labute approximate surface area is 318 Å². The zero-order valence-electron chi connectivity index (χ0n) is 30.8. The summed E-state index contributed by atoms with van der Waals surface area (Å²) >= 11 is 0. The van der Waals surface area contributed by atoms with Gasteiger partial charge in [0.2, 0.25) is 5.91 Å². The Hall–Kier alpha value is -6.61. The van der Waals surface area contributed by atoms with Gasteiger partial charge in [-0.2, -0.15) is 5.26 Å². The van der Waals surface area contributed by atoms with Crippen molar-refractivity contribution in [2.45, 2.75) is 65.7 Å². The lowest BCUT2D eigenvalue weighted by molar-refractivity contribution is -0.122. The number of ketones is 3. The summed E-state index contributed by atoms with van der Waals surface area (Å²) in [4.78, 5) is 76.6. The molecule has 5 N–H and O–H groups in total. The summed E-state index contributed by atoms with van der Waals surface area (Å²) in [6.07, 6.45) is 3.97. The summed E-state index contributed by atoms with van der Waals surface area (Å²) in [5.74, 6) is -3.58. The quantitative estimate of drug-likeness (QED) is 0.0813. The number of carbonyl (C=O) groups excluding carboxylic acids is 6. The van der Waals surface area contributed by atoms with Crippen molar-refractivity contribution in [3.05, 3.63) is 112 Å². The number of benzene rings is 4. The molecule has 1 atom stereocenters. The van der Waals surface area contributed by atoms with Crippen molar-refractivity contribution in [3.8, 4) is 17.6 Å². The molecule has 5 rings (SSSR count). The summed E-state index contributed by atoms with van der Waals surface area (Å²) in [7, 11) is 0. The van der Waals surface area contributed by atoms with Gasteiger partial charge in [0.15, 0.2) is 11.6 Å². The van der Waals surface area contributed by atoms with Gasteiger partial charge in [-0.15, -0.1) is 0 Å². The Morgan fingerprint density at radius 2 is 1.27 bits per heavy atom. The van der Waals surface area contributed by atoms with Crippen molar-refractivity contribution < 1.29 is 39.0 Å². The molecule has 4 aromatic carbocycles. The van der Waals surface area contributed by atoms with E-state index in [-0.39, 0.29) is 86.8 Å². The third-order valence-corrected chi connectivity index (χ3v) is 10.0. The predicted octanol–water partition coefficient (Wildman–Crippen LogP) is 7.47. The van der Waals surface area contributed by atoms with E-state index < -0.39 is 23.6 Å². The zero-order chi connectivity index (χ0) is 39.8. The van der Waals surface area contributed by atoms with Crippen molar-refractivity contribution in [1.29, 1.82) is 5.26 Å². The molecule has 12 nitrogen and oxygen atoms in total. The van der Waals surface area contributed by atoms with Gasteiger partial charge in [-0.1, -0.05) is 37.1 Å². The average molecular weight is 743 g/mol. The van der Waals surface area contributed by atoms with Crippen LogP contribution >= 0.6 is 0 Å². The zero-order valence-corrected chi connectivity index (χ0v) is 30.8. The molecule has 0 spiro atoms. The van der Waals surface area contributed by atoms with Crippen LogP contribution in [0, 0.1) is 37.0 Å². The molecule has 0 heterocycles. The number of aromatic hydroxyl groups is 2. The van der Waals surface area contributed by atoms with Crippen LogP contribution in [0.15, 0.2) is 72.8 Å². The molecule has 0 aliphatic heterocycles. The van der Waals surface area contributed by atoms with Gasteiger partial charge < -0.3 is 26.2 Å². The Morgan fingerprint density at radius 3 is 1.85 bits per heavy atom. The van der Waals surface area contributed by atoms with Crippen LogP contribution in [0.3, 0.4) is 0 Å². The number of Topliss-reactive ketones (excluding diaryl/α,β-unsaturated/α-hetero) is 3. The lowest BCUT2D eigenvalue weighted by atomic mass is 9.93. The van der Waals surface area contributed by atoms with Gasteiger partial charge in [0.25, 0.3) is 11.8 Å². The van der Waals surface area contributed by atoms with Gasteiger partial charge in [0, 0.05) is 64.5 Å². The van der Waals surface area contributed by atoms with Crippen LogP contribution in [0.1, 0.15) is 104 Å². The number of nitriles is 1. The minimum absolute atomic E-state index is 0.0816. The fourth-order valence-electron chi connectivity index (χ4n) is 6.58. The lowest BCUT2D eigenvalue weighted by Gasteiger charge is -2.15. The average Bonchev–Trinajstić information content (AvgIpc) is 3.71. The normalized spacial score (nSPS) is 13.0.